The topological polar surface area (TPSA) is 97.6 Å². The van der Waals surface area contributed by atoms with E-state index < -0.39 is 12.0 Å². The molecule has 0 saturated heterocycles. The fourth-order valence-electron chi connectivity index (χ4n) is 5.62. The predicted octanol–water partition coefficient (Wildman–Crippen LogP) is 6.56. The summed E-state index contributed by atoms with van der Waals surface area (Å²) < 4.78 is 31.0. The third-order valence-electron chi connectivity index (χ3n) is 7.75. The molecule has 0 radical (unpaired) electrons. The summed E-state index contributed by atoms with van der Waals surface area (Å²) in [6.45, 7) is 11.7. The summed E-state index contributed by atoms with van der Waals surface area (Å²) >= 11 is 7.60. The minimum absolute atomic E-state index is 0.0803. The van der Waals surface area contributed by atoms with Crippen molar-refractivity contribution in [3.8, 4) is 23.0 Å². The number of nitrogens with zero attached hydrogens (tertiary/aromatic N) is 2. The van der Waals surface area contributed by atoms with Crippen molar-refractivity contribution in [2.24, 2.45) is 4.99 Å². The minimum atomic E-state index is -0.814. The van der Waals surface area contributed by atoms with Crippen LogP contribution < -0.4 is 33.8 Å². The van der Waals surface area contributed by atoms with Crippen molar-refractivity contribution in [1.82, 2.24) is 4.57 Å². The molecule has 2 heterocycles. The maximum atomic E-state index is 14.3. The molecular weight excluding hydrogens is 664 g/mol. The van der Waals surface area contributed by atoms with Crippen LogP contribution in [0, 0.1) is 0 Å². The lowest BCUT2D eigenvalue weighted by Crippen LogP contribution is -2.40. The van der Waals surface area contributed by atoms with Crippen LogP contribution in [-0.2, 0) is 22.6 Å². The largest absolute Gasteiger partial charge is 0.493 e. The number of esters is 1. The Labute approximate surface area is 294 Å². The molecule has 1 aliphatic heterocycles. The Hall–Kier alpha value is -4.80. The Morgan fingerprint density at radius 2 is 1.82 bits per heavy atom. The van der Waals surface area contributed by atoms with Crippen LogP contribution >= 0.6 is 22.9 Å². The van der Waals surface area contributed by atoms with E-state index in [2.05, 4.69) is 6.58 Å². The number of aromatic nitrogens is 1. The van der Waals surface area contributed by atoms with E-state index in [0.29, 0.717) is 55.0 Å². The van der Waals surface area contributed by atoms with Crippen molar-refractivity contribution in [2.45, 2.75) is 52.9 Å². The average molecular weight is 703 g/mol. The van der Waals surface area contributed by atoms with E-state index in [1.165, 1.54) is 15.9 Å². The lowest BCUT2D eigenvalue weighted by Gasteiger charge is -2.25. The Kier molecular flexibility index (Phi) is 11.3. The molecule has 1 aliphatic rings. The molecule has 1 aromatic heterocycles. The second-order valence-electron chi connectivity index (χ2n) is 11.5. The highest BCUT2D eigenvalue weighted by Crippen LogP contribution is 2.37. The number of halogens is 1. The van der Waals surface area contributed by atoms with Crippen molar-refractivity contribution in [2.75, 3.05) is 20.8 Å². The summed E-state index contributed by atoms with van der Waals surface area (Å²) in [6.07, 6.45) is 3.98. The fraction of sp³-hybridized carbons (Fsp3) is 0.289. The molecule has 0 spiro atoms. The van der Waals surface area contributed by atoms with E-state index in [9.17, 15) is 9.59 Å². The van der Waals surface area contributed by atoms with E-state index in [0.717, 1.165) is 16.7 Å². The van der Waals surface area contributed by atoms with E-state index in [1.807, 2.05) is 56.3 Å². The molecule has 9 nitrogen and oxygen atoms in total. The van der Waals surface area contributed by atoms with Crippen LogP contribution in [0.4, 0.5) is 0 Å². The van der Waals surface area contributed by atoms with Gasteiger partial charge in [-0.2, -0.15) is 0 Å². The Morgan fingerprint density at radius 1 is 1.06 bits per heavy atom. The van der Waals surface area contributed by atoms with Crippen LogP contribution in [0.5, 0.6) is 23.0 Å². The Bertz CT molecular complexity index is 2100. The monoisotopic (exact) mass is 702 g/mol. The standard InChI is InChI=1S/C38H39ClN2O7S/c1-8-12-26-17-24(18-31(45-7)35(26)47-21-27-13-10-11-14-28(27)39)19-32-36(42)41-34(25-15-16-29(48-22(3)4)30(20-25)44-6)33(37(43)46-9-2)23(5)40-38(41)49-32/h8,10-11,13-20,22,34H,1,9,12,21H2,2-7H3/b32-19-/t34-/m1/s1. The number of ether oxygens (including phenoxy) is 5. The predicted molar refractivity (Wildman–Crippen MR) is 192 cm³/mol. The van der Waals surface area contributed by atoms with Crippen molar-refractivity contribution >= 4 is 35.0 Å². The number of allylic oxidation sites excluding steroid dienone is 2. The van der Waals surface area contributed by atoms with Crippen LogP contribution in [0.2, 0.25) is 5.02 Å². The second kappa shape index (κ2) is 15.6. The number of rotatable bonds is 13. The number of hydrogen-bond donors (Lipinski definition) is 0. The summed E-state index contributed by atoms with van der Waals surface area (Å²) in [5, 5.41) is 0.608. The summed E-state index contributed by atoms with van der Waals surface area (Å²) in [7, 11) is 3.12. The van der Waals surface area contributed by atoms with Gasteiger partial charge in [-0.1, -0.05) is 53.3 Å². The molecule has 0 amide bonds. The zero-order valence-electron chi connectivity index (χ0n) is 28.4. The summed E-state index contributed by atoms with van der Waals surface area (Å²) in [5.41, 5.74) is 3.46. The molecule has 256 valence electrons. The minimum Gasteiger partial charge on any atom is -0.493 e. The molecule has 0 unspecified atom stereocenters. The number of benzene rings is 3. The molecule has 4 aromatic rings. The first kappa shape index (κ1) is 35.5. The van der Waals surface area contributed by atoms with Crippen LogP contribution in [0.15, 0.2) is 88.3 Å². The fourth-order valence-corrected chi connectivity index (χ4v) is 6.86. The van der Waals surface area contributed by atoms with Gasteiger partial charge >= 0.3 is 5.97 Å². The van der Waals surface area contributed by atoms with Crippen LogP contribution in [0.1, 0.15) is 56.0 Å². The zero-order chi connectivity index (χ0) is 35.2. The van der Waals surface area contributed by atoms with Gasteiger partial charge in [0.05, 0.1) is 48.8 Å². The van der Waals surface area contributed by atoms with Gasteiger partial charge in [-0.25, -0.2) is 9.79 Å². The average Bonchev–Trinajstić information content (AvgIpc) is 3.37. The van der Waals surface area contributed by atoms with E-state index in [-0.39, 0.29) is 30.5 Å². The molecule has 0 N–H and O–H groups in total. The maximum absolute atomic E-state index is 14.3. The number of fused-ring (bicyclic) bond motifs is 1. The van der Waals surface area contributed by atoms with Crippen LogP contribution in [-0.4, -0.2) is 37.5 Å². The first-order valence-corrected chi connectivity index (χ1v) is 17.0. The summed E-state index contributed by atoms with van der Waals surface area (Å²) in [6, 6.07) is 15.8. The zero-order valence-corrected chi connectivity index (χ0v) is 29.9. The van der Waals surface area contributed by atoms with Crippen molar-refractivity contribution in [3.63, 3.8) is 0 Å². The first-order valence-electron chi connectivity index (χ1n) is 15.8. The van der Waals surface area contributed by atoms with E-state index in [1.54, 1.807) is 52.4 Å². The molecule has 0 fully saturated rings. The second-order valence-corrected chi connectivity index (χ2v) is 12.9. The van der Waals surface area contributed by atoms with Crippen molar-refractivity contribution in [3.05, 3.63) is 125 Å². The number of thiazole rings is 1. The van der Waals surface area contributed by atoms with E-state index in [4.69, 9.17) is 40.3 Å². The first-order chi connectivity index (χ1) is 23.6. The maximum Gasteiger partial charge on any atom is 0.338 e. The Balaban J connectivity index is 1.63. The van der Waals surface area contributed by atoms with Crippen LogP contribution in [0.3, 0.4) is 0 Å². The van der Waals surface area contributed by atoms with Gasteiger partial charge in [-0.3, -0.25) is 9.36 Å². The molecule has 0 bridgehead atoms. The molecule has 5 rings (SSSR count). The molecule has 0 saturated carbocycles. The molecule has 11 heteroatoms. The molecular formula is C38H39ClN2O7S. The number of hydrogen-bond acceptors (Lipinski definition) is 9. The van der Waals surface area contributed by atoms with Gasteiger partial charge in [-0.15, -0.1) is 6.58 Å². The Morgan fingerprint density at radius 3 is 2.49 bits per heavy atom. The highest BCUT2D eigenvalue weighted by atomic mass is 35.5. The van der Waals surface area contributed by atoms with Gasteiger partial charge in [0.1, 0.15) is 6.61 Å². The van der Waals surface area contributed by atoms with Crippen LogP contribution in [0.25, 0.3) is 6.08 Å². The van der Waals surface area contributed by atoms with Gasteiger partial charge < -0.3 is 23.7 Å². The summed E-state index contributed by atoms with van der Waals surface area (Å²) in [4.78, 5) is 32.8. The van der Waals surface area contributed by atoms with Gasteiger partial charge in [0, 0.05) is 16.1 Å². The molecule has 0 aliphatic carbocycles. The highest BCUT2D eigenvalue weighted by molar-refractivity contribution is 7.07. The SMILES string of the molecule is C=CCc1cc(/C=c2\sc3n(c2=O)[C@H](c2ccc(OC(C)C)c(OC)c2)C(C(=O)OCC)=C(C)N=3)cc(OC)c1OCc1ccccc1Cl. The third kappa shape index (κ3) is 7.60. The lowest BCUT2D eigenvalue weighted by atomic mass is 9.95. The highest BCUT2D eigenvalue weighted by Gasteiger charge is 2.34. The number of carbonyl (C=O) groups excluding carboxylic acids is 1. The molecule has 3 aromatic carbocycles. The van der Waals surface area contributed by atoms with E-state index >= 15 is 0 Å². The third-order valence-corrected chi connectivity index (χ3v) is 9.10. The molecule has 49 heavy (non-hydrogen) atoms. The van der Waals surface area contributed by atoms with Crippen molar-refractivity contribution in [1.29, 1.82) is 0 Å². The molecule has 1 atom stereocenters. The smallest absolute Gasteiger partial charge is 0.338 e. The van der Waals surface area contributed by atoms with Gasteiger partial charge in [0.25, 0.3) is 5.56 Å². The number of carbonyl (C=O) groups is 1. The van der Waals surface area contributed by atoms with Gasteiger partial charge in [0.2, 0.25) is 0 Å². The lowest BCUT2D eigenvalue weighted by molar-refractivity contribution is -0.139. The number of methoxy groups -OCH3 is 2. The van der Waals surface area contributed by atoms with Gasteiger partial charge in [-0.05, 0) is 81.7 Å². The van der Waals surface area contributed by atoms with Crippen molar-refractivity contribution < 1.29 is 28.5 Å². The van der Waals surface area contributed by atoms with Gasteiger partial charge in [0.15, 0.2) is 27.8 Å². The quantitative estimate of drug-likeness (QED) is 0.115. The summed E-state index contributed by atoms with van der Waals surface area (Å²) in [5.74, 6) is 1.55. The normalized spacial score (nSPS) is 14.3.